The van der Waals surface area contributed by atoms with Crippen molar-refractivity contribution in [3.63, 3.8) is 0 Å². The molecule has 0 bridgehead atoms. The van der Waals surface area contributed by atoms with Gasteiger partial charge in [0.25, 0.3) is 11.6 Å². The highest BCUT2D eigenvalue weighted by molar-refractivity contribution is 5.97. The summed E-state index contributed by atoms with van der Waals surface area (Å²) in [6, 6.07) is 11.4. The fraction of sp³-hybridized carbons (Fsp3) is 0.235. The van der Waals surface area contributed by atoms with Crippen LogP contribution in [0.25, 0.3) is 0 Å². The predicted octanol–water partition coefficient (Wildman–Crippen LogP) is 2.29. The molecule has 2 N–H and O–H groups in total. The van der Waals surface area contributed by atoms with Crippen LogP contribution in [0.1, 0.15) is 33.1 Å². The standard InChI is InChI=1S/C17H16N2O4/c1-10-12(7-4-8-14(10)19(22)23)17(21)18-16-13-6-3-2-5-11(13)9-15(16)20/h2-8,15-16,20H,9H2,1H3,(H,18,21). The second kappa shape index (κ2) is 5.81. The molecule has 0 aromatic heterocycles. The molecule has 1 aliphatic carbocycles. The predicted molar refractivity (Wildman–Crippen MR) is 84.2 cm³/mol. The zero-order valence-electron chi connectivity index (χ0n) is 12.5. The number of benzene rings is 2. The molecular weight excluding hydrogens is 296 g/mol. The lowest BCUT2D eigenvalue weighted by atomic mass is 10.0. The summed E-state index contributed by atoms with van der Waals surface area (Å²) in [6.45, 7) is 1.55. The number of rotatable bonds is 3. The van der Waals surface area contributed by atoms with Crippen LogP contribution in [0.3, 0.4) is 0 Å². The Kier molecular flexibility index (Phi) is 3.83. The van der Waals surface area contributed by atoms with E-state index in [1.54, 1.807) is 13.0 Å². The summed E-state index contributed by atoms with van der Waals surface area (Å²) in [4.78, 5) is 23.0. The van der Waals surface area contributed by atoms with Crippen LogP contribution in [0.2, 0.25) is 0 Å². The lowest BCUT2D eigenvalue weighted by Gasteiger charge is -2.18. The minimum Gasteiger partial charge on any atom is -0.390 e. The maximum absolute atomic E-state index is 12.5. The SMILES string of the molecule is Cc1c(C(=O)NC2c3ccccc3CC2O)cccc1[N+](=O)[O-]. The van der Waals surface area contributed by atoms with E-state index in [1.165, 1.54) is 12.1 Å². The number of nitrogens with one attached hydrogen (secondary N) is 1. The highest BCUT2D eigenvalue weighted by Crippen LogP contribution is 2.32. The van der Waals surface area contributed by atoms with Crippen molar-refractivity contribution in [2.24, 2.45) is 0 Å². The van der Waals surface area contributed by atoms with Crippen LogP contribution >= 0.6 is 0 Å². The second-order valence-corrected chi connectivity index (χ2v) is 5.63. The number of carbonyl (C=O) groups excluding carboxylic acids is 1. The summed E-state index contributed by atoms with van der Waals surface area (Å²) < 4.78 is 0. The molecule has 0 radical (unpaired) electrons. The largest absolute Gasteiger partial charge is 0.390 e. The van der Waals surface area contributed by atoms with E-state index < -0.39 is 23.0 Å². The number of carbonyl (C=O) groups is 1. The molecule has 0 saturated carbocycles. The number of hydrogen-bond acceptors (Lipinski definition) is 4. The minimum atomic E-state index is -0.699. The summed E-state index contributed by atoms with van der Waals surface area (Å²) in [5.41, 5.74) is 2.36. The molecule has 2 aromatic carbocycles. The van der Waals surface area contributed by atoms with Gasteiger partial charge in [-0.1, -0.05) is 30.3 Å². The van der Waals surface area contributed by atoms with Gasteiger partial charge < -0.3 is 10.4 Å². The molecule has 118 valence electrons. The molecule has 23 heavy (non-hydrogen) atoms. The fourth-order valence-electron chi connectivity index (χ4n) is 3.03. The molecule has 0 saturated heterocycles. The molecule has 1 amide bonds. The van der Waals surface area contributed by atoms with Gasteiger partial charge in [-0.3, -0.25) is 14.9 Å². The zero-order chi connectivity index (χ0) is 16.6. The number of hydrogen-bond donors (Lipinski definition) is 2. The number of aliphatic hydroxyl groups excluding tert-OH is 1. The van der Waals surface area contributed by atoms with Crippen LogP contribution < -0.4 is 5.32 Å². The molecule has 0 heterocycles. The van der Waals surface area contributed by atoms with Gasteiger partial charge in [-0.05, 0) is 24.1 Å². The summed E-state index contributed by atoms with van der Waals surface area (Å²) >= 11 is 0. The lowest BCUT2D eigenvalue weighted by Crippen LogP contribution is -2.34. The van der Waals surface area contributed by atoms with Crippen molar-refractivity contribution in [1.29, 1.82) is 0 Å². The Morgan fingerprint density at radius 1 is 1.26 bits per heavy atom. The maximum Gasteiger partial charge on any atom is 0.273 e. The first-order valence-corrected chi connectivity index (χ1v) is 7.29. The first-order valence-electron chi connectivity index (χ1n) is 7.29. The third-order valence-electron chi connectivity index (χ3n) is 4.24. The summed E-state index contributed by atoms with van der Waals surface area (Å²) in [6.07, 6.45) is -0.218. The quantitative estimate of drug-likeness (QED) is 0.672. The van der Waals surface area contributed by atoms with Crippen LogP contribution in [0.4, 0.5) is 5.69 Å². The van der Waals surface area contributed by atoms with Gasteiger partial charge in [-0.25, -0.2) is 0 Å². The van der Waals surface area contributed by atoms with E-state index in [0.717, 1.165) is 11.1 Å². The van der Waals surface area contributed by atoms with E-state index in [9.17, 15) is 20.0 Å². The Morgan fingerprint density at radius 2 is 2.00 bits per heavy atom. The monoisotopic (exact) mass is 312 g/mol. The average Bonchev–Trinajstić information content (AvgIpc) is 2.83. The molecule has 0 aliphatic heterocycles. The van der Waals surface area contributed by atoms with Gasteiger partial charge in [0.15, 0.2) is 0 Å². The normalized spacial score (nSPS) is 19.2. The Hall–Kier alpha value is -2.73. The molecule has 0 spiro atoms. The second-order valence-electron chi connectivity index (χ2n) is 5.63. The maximum atomic E-state index is 12.5. The van der Waals surface area contributed by atoms with Crippen molar-refractivity contribution >= 4 is 11.6 Å². The summed E-state index contributed by atoms with van der Waals surface area (Å²) in [7, 11) is 0. The molecule has 2 atom stereocenters. The van der Waals surface area contributed by atoms with Crippen molar-refractivity contribution in [2.45, 2.75) is 25.5 Å². The third kappa shape index (κ3) is 2.68. The van der Waals surface area contributed by atoms with Gasteiger partial charge in [-0.2, -0.15) is 0 Å². The van der Waals surface area contributed by atoms with E-state index in [0.29, 0.717) is 12.0 Å². The van der Waals surface area contributed by atoms with Gasteiger partial charge in [0.05, 0.1) is 17.1 Å². The smallest absolute Gasteiger partial charge is 0.273 e. The van der Waals surface area contributed by atoms with E-state index >= 15 is 0 Å². The number of nitro groups is 1. The van der Waals surface area contributed by atoms with Gasteiger partial charge in [0, 0.05) is 23.6 Å². The number of fused-ring (bicyclic) bond motifs is 1. The molecule has 1 aliphatic rings. The average molecular weight is 312 g/mol. The van der Waals surface area contributed by atoms with Crippen molar-refractivity contribution < 1.29 is 14.8 Å². The lowest BCUT2D eigenvalue weighted by molar-refractivity contribution is -0.385. The van der Waals surface area contributed by atoms with Crippen molar-refractivity contribution in [3.8, 4) is 0 Å². The number of aliphatic hydroxyl groups is 1. The zero-order valence-corrected chi connectivity index (χ0v) is 12.5. The Bertz CT molecular complexity index is 788. The summed E-state index contributed by atoms with van der Waals surface area (Å²) in [5, 5.41) is 24.0. The van der Waals surface area contributed by atoms with E-state index in [-0.39, 0.29) is 11.3 Å². The van der Waals surface area contributed by atoms with Crippen LogP contribution in [0.5, 0.6) is 0 Å². The molecule has 0 fully saturated rings. The molecule has 6 nitrogen and oxygen atoms in total. The minimum absolute atomic E-state index is 0.0926. The first kappa shape index (κ1) is 15.2. The number of amides is 1. The molecule has 2 aromatic rings. The van der Waals surface area contributed by atoms with Crippen LogP contribution in [-0.2, 0) is 6.42 Å². The van der Waals surface area contributed by atoms with E-state index in [4.69, 9.17) is 0 Å². The highest BCUT2D eigenvalue weighted by Gasteiger charge is 2.32. The van der Waals surface area contributed by atoms with Crippen molar-refractivity contribution in [1.82, 2.24) is 5.32 Å². The summed E-state index contributed by atoms with van der Waals surface area (Å²) in [5.74, 6) is -0.424. The van der Waals surface area contributed by atoms with E-state index in [1.807, 2.05) is 24.3 Å². The highest BCUT2D eigenvalue weighted by atomic mass is 16.6. The van der Waals surface area contributed by atoms with Gasteiger partial charge in [-0.15, -0.1) is 0 Å². The Balaban J connectivity index is 1.89. The fourth-order valence-corrected chi connectivity index (χ4v) is 3.03. The first-order chi connectivity index (χ1) is 11.0. The number of nitrogens with zero attached hydrogens (tertiary/aromatic N) is 1. The van der Waals surface area contributed by atoms with Crippen molar-refractivity contribution in [2.75, 3.05) is 0 Å². The molecule has 6 heteroatoms. The molecular formula is C17H16N2O4. The van der Waals surface area contributed by atoms with Crippen molar-refractivity contribution in [3.05, 3.63) is 74.8 Å². The number of nitro benzene ring substituents is 1. The Labute approximate surface area is 132 Å². The third-order valence-corrected chi connectivity index (χ3v) is 4.24. The van der Waals surface area contributed by atoms with Crippen LogP contribution in [0.15, 0.2) is 42.5 Å². The van der Waals surface area contributed by atoms with Gasteiger partial charge in [0.2, 0.25) is 0 Å². The van der Waals surface area contributed by atoms with Crippen LogP contribution in [0, 0.1) is 17.0 Å². The van der Waals surface area contributed by atoms with Gasteiger partial charge >= 0.3 is 0 Å². The van der Waals surface area contributed by atoms with Gasteiger partial charge in [0.1, 0.15) is 0 Å². The molecule has 2 unspecified atom stereocenters. The topological polar surface area (TPSA) is 92.5 Å². The Morgan fingerprint density at radius 3 is 2.74 bits per heavy atom. The van der Waals surface area contributed by atoms with Crippen LogP contribution in [-0.4, -0.2) is 22.0 Å². The van der Waals surface area contributed by atoms with E-state index in [2.05, 4.69) is 5.32 Å². The molecule has 3 rings (SSSR count).